The van der Waals surface area contributed by atoms with Crippen molar-refractivity contribution in [3.05, 3.63) is 53.1 Å². The van der Waals surface area contributed by atoms with Gasteiger partial charge in [-0.05, 0) is 39.0 Å². The Kier molecular flexibility index (Phi) is 9.56. The molecule has 2 rings (SSSR count). The Morgan fingerprint density at radius 1 is 1.24 bits per heavy atom. The summed E-state index contributed by atoms with van der Waals surface area (Å²) < 4.78 is 35.9. The Balaban J connectivity index is 2.14. The lowest BCUT2D eigenvalue weighted by molar-refractivity contribution is -0.142. The first kappa shape index (κ1) is 26.5. The van der Waals surface area contributed by atoms with Crippen molar-refractivity contribution in [3.63, 3.8) is 0 Å². The number of ether oxygens (including phenoxy) is 2. The van der Waals surface area contributed by atoms with E-state index in [9.17, 15) is 19.3 Å². The van der Waals surface area contributed by atoms with Crippen LogP contribution in [0.25, 0.3) is 0 Å². The van der Waals surface area contributed by atoms with E-state index in [1.807, 2.05) is 0 Å². The van der Waals surface area contributed by atoms with Gasteiger partial charge < -0.3 is 24.8 Å². The number of esters is 1. The first-order valence-corrected chi connectivity index (χ1v) is 11.6. The van der Waals surface area contributed by atoms with Gasteiger partial charge in [0.05, 0.1) is 25.9 Å². The van der Waals surface area contributed by atoms with Crippen molar-refractivity contribution < 1.29 is 33.0 Å². The fourth-order valence-electron chi connectivity index (χ4n) is 2.74. The van der Waals surface area contributed by atoms with Crippen molar-refractivity contribution in [2.24, 2.45) is 0 Å². The number of para-hydroxylation sites is 1. The predicted octanol–water partition coefficient (Wildman–Crippen LogP) is 1.46. The average Bonchev–Trinajstić information content (AvgIpc) is 2.74. The molecule has 4 N–H and O–H groups in total. The van der Waals surface area contributed by atoms with Crippen LogP contribution in [0.5, 0.6) is 5.75 Å². The van der Waals surface area contributed by atoms with E-state index in [-0.39, 0.29) is 18.2 Å². The van der Waals surface area contributed by atoms with E-state index in [1.165, 1.54) is 33.2 Å². The number of carbonyl (C=O) groups excluding carboxylic acids is 1. The molecular weight excluding hydrogens is 455 g/mol. The fourth-order valence-corrected chi connectivity index (χ4v) is 4.41. The molecule has 12 nitrogen and oxygen atoms in total. The summed E-state index contributed by atoms with van der Waals surface area (Å²) in [5, 5.41) is 12.6. The van der Waals surface area contributed by atoms with Crippen LogP contribution in [0.2, 0.25) is 0 Å². The van der Waals surface area contributed by atoms with Gasteiger partial charge in [-0.25, -0.2) is 9.36 Å². The summed E-state index contributed by atoms with van der Waals surface area (Å²) in [6, 6.07) is 8.66. The van der Waals surface area contributed by atoms with Crippen molar-refractivity contribution >= 4 is 19.5 Å². The van der Waals surface area contributed by atoms with Crippen molar-refractivity contribution in [1.29, 1.82) is 0 Å². The minimum atomic E-state index is -4.08. The van der Waals surface area contributed by atoms with E-state index in [1.54, 1.807) is 37.3 Å². The van der Waals surface area contributed by atoms with Gasteiger partial charge in [0.15, 0.2) is 6.23 Å². The monoisotopic (exact) mass is 484 g/mol. The normalized spacial score (nSPS) is 16.8. The van der Waals surface area contributed by atoms with Crippen molar-refractivity contribution in [2.75, 3.05) is 19.5 Å². The number of aromatic nitrogens is 2. The molecule has 1 aromatic heterocycles. The lowest BCUT2D eigenvalue weighted by atomic mass is 10.3. The second-order valence-corrected chi connectivity index (χ2v) is 8.85. The van der Waals surface area contributed by atoms with Crippen LogP contribution in [0.1, 0.15) is 27.0 Å². The quantitative estimate of drug-likeness (QED) is 0.295. The molecule has 5 atom stereocenters. The number of rotatable bonds is 12. The molecule has 0 bridgehead atoms. The second-order valence-electron chi connectivity index (χ2n) is 7.20. The first-order valence-electron chi connectivity index (χ1n) is 10.1. The highest BCUT2D eigenvalue weighted by Crippen LogP contribution is 2.46. The summed E-state index contributed by atoms with van der Waals surface area (Å²) in [7, 11) is -2.88. The number of nitrogen functional groups attached to an aromatic ring is 1. The summed E-state index contributed by atoms with van der Waals surface area (Å²) in [5.41, 5.74) is 4.79. The number of nitrogens with zero attached hydrogens (tertiary/aromatic N) is 2. The smallest absolute Gasteiger partial charge is 0.459 e. The molecule has 0 aliphatic heterocycles. The third-order valence-corrected chi connectivity index (χ3v) is 6.03. The van der Waals surface area contributed by atoms with Crippen molar-refractivity contribution in [2.45, 2.75) is 45.2 Å². The summed E-state index contributed by atoms with van der Waals surface area (Å²) >= 11 is 0. The number of hydrogen-bond donors (Lipinski definition) is 3. The molecule has 0 radical (unpaired) electrons. The number of anilines is 1. The van der Waals surface area contributed by atoms with Crippen LogP contribution in [0.4, 0.5) is 5.82 Å². The fraction of sp³-hybridized carbons (Fsp3) is 0.450. The van der Waals surface area contributed by atoms with Gasteiger partial charge >= 0.3 is 19.4 Å². The van der Waals surface area contributed by atoms with Crippen LogP contribution in [-0.2, 0) is 23.4 Å². The lowest BCUT2D eigenvalue weighted by Gasteiger charge is -2.27. The number of carbonyl (C=O) groups is 1. The van der Waals surface area contributed by atoms with Crippen LogP contribution in [0.3, 0.4) is 0 Å². The zero-order chi connectivity index (χ0) is 24.6. The molecule has 13 heteroatoms. The molecule has 0 aliphatic rings. The molecule has 1 aromatic carbocycles. The maximum Gasteiger partial charge on any atom is 0.459 e. The van der Waals surface area contributed by atoms with E-state index in [0.29, 0.717) is 0 Å². The Bertz CT molecular complexity index is 1020. The van der Waals surface area contributed by atoms with Gasteiger partial charge in [0.2, 0.25) is 0 Å². The second kappa shape index (κ2) is 11.9. The molecule has 182 valence electrons. The number of benzene rings is 1. The predicted molar refractivity (Wildman–Crippen MR) is 119 cm³/mol. The minimum absolute atomic E-state index is 0.0297. The third-order valence-electron chi connectivity index (χ3n) is 4.23. The van der Waals surface area contributed by atoms with Gasteiger partial charge in [-0.2, -0.15) is 10.1 Å². The molecule has 0 saturated carbocycles. The van der Waals surface area contributed by atoms with Gasteiger partial charge in [0.25, 0.3) is 0 Å². The highest BCUT2D eigenvalue weighted by molar-refractivity contribution is 7.52. The van der Waals surface area contributed by atoms with Gasteiger partial charge in [0.1, 0.15) is 17.6 Å². The SMILES string of the molecule is COC(=O)[C@H](C)NP(=O)(Oc1ccccc1)OC(C)CO[C@H]([C@@H](C)O)n1ccc(N)nc1=O. The lowest BCUT2D eigenvalue weighted by Crippen LogP contribution is -2.37. The van der Waals surface area contributed by atoms with Gasteiger partial charge in [0, 0.05) is 6.20 Å². The molecule has 0 aliphatic carbocycles. The highest BCUT2D eigenvalue weighted by Gasteiger charge is 2.34. The Labute approximate surface area is 191 Å². The number of hydrogen-bond acceptors (Lipinski definition) is 10. The largest absolute Gasteiger partial charge is 0.468 e. The zero-order valence-corrected chi connectivity index (χ0v) is 19.7. The van der Waals surface area contributed by atoms with Crippen LogP contribution >= 0.6 is 7.75 Å². The van der Waals surface area contributed by atoms with Gasteiger partial charge in [-0.15, -0.1) is 0 Å². The van der Waals surface area contributed by atoms with Crippen LogP contribution in [-0.4, -0.2) is 52.6 Å². The Hall–Kier alpha value is -2.76. The van der Waals surface area contributed by atoms with Crippen molar-refractivity contribution in [1.82, 2.24) is 14.6 Å². The first-order chi connectivity index (χ1) is 15.5. The van der Waals surface area contributed by atoms with E-state index in [4.69, 9.17) is 19.5 Å². The van der Waals surface area contributed by atoms with Crippen molar-refractivity contribution in [3.8, 4) is 5.75 Å². The standard InChI is InChI=1S/C20H29N4O8P/c1-13(12-30-18(15(3)25)24-11-10-17(21)22-20(24)27)31-33(28,23-14(2)19(26)29-4)32-16-8-6-5-7-9-16/h5-11,13-15,18,25H,12H2,1-4H3,(H,23,28)(H2,21,22,27)/t13?,14-,15+,18+,33?/m0/s1. The highest BCUT2D eigenvalue weighted by atomic mass is 31.2. The summed E-state index contributed by atoms with van der Waals surface area (Å²) in [4.78, 5) is 27.5. The number of methoxy groups -OCH3 is 1. The maximum atomic E-state index is 13.4. The molecule has 0 fully saturated rings. The summed E-state index contributed by atoms with van der Waals surface area (Å²) in [5.74, 6) is -0.384. The maximum absolute atomic E-state index is 13.4. The molecule has 1 heterocycles. The molecule has 0 spiro atoms. The molecular formula is C20H29N4O8P. The molecule has 0 amide bonds. The van der Waals surface area contributed by atoms with E-state index < -0.39 is 43.9 Å². The van der Waals surface area contributed by atoms with Crippen LogP contribution in [0, 0.1) is 0 Å². The average molecular weight is 484 g/mol. The molecule has 0 saturated heterocycles. The number of aliphatic hydroxyl groups excluding tert-OH is 1. The third kappa shape index (κ3) is 7.95. The Morgan fingerprint density at radius 3 is 2.48 bits per heavy atom. The van der Waals surface area contributed by atoms with Crippen LogP contribution in [0.15, 0.2) is 47.4 Å². The Morgan fingerprint density at radius 2 is 1.91 bits per heavy atom. The van der Waals surface area contributed by atoms with E-state index >= 15 is 0 Å². The number of aliphatic hydroxyl groups is 1. The van der Waals surface area contributed by atoms with Gasteiger partial charge in [-0.3, -0.25) is 13.9 Å². The number of nitrogens with two attached hydrogens (primary N) is 1. The van der Waals surface area contributed by atoms with Crippen LogP contribution < -0.4 is 21.0 Å². The minimum Gasteiger partial charge on any atom is -0.468 e. The molecule has 33 heavy (non-hydrogen) atoms. The van der Waals surface area contributed by atoms with Gasteiger partial charge in [-0.1, -0.05) is 18.2 Å². The van der Waals surface area contributed by atoms with E-state index in [2.05, 4.69) is 14.8 Å². The zero-order valence-electron chi connectivity index (χ0n) is 18.8. The molecule has 2 aromatic rings. The summed E-state index contributed by atoms with van der Waals surface area (Å²) in [6.07, 6.45) is -1.70. The topological polar surface area (TPSA) is 164 Å². The molecule has 2 unspecified atom stereocenters. The van der Waals surface area contributed by atoms with E-state index in [0.717, 1.165) is 4.57 Å². The summed E-state index contributed by atoms with van der Waals surface area (Å²) in [6.45, 7) is 4.24. The number of nitrogens with one attached hydrogen (secondary N) is 1.